The molecule has 1 saturated heterocycles. The molecule has 3 heterocycles. The number of halogens is 1. The highest BCUT2D eigenvalue weighted by molar-refractivity contribution is 5.96. The van der Waals surface area contributed by atoms with Crippen molar-refractivity contribution in [2.45, 2.75) is 49.9 Å². The number of aromatic nitrogens is 3. The van der Waals surface area contributed by atoms with Gasteiger partial charge in [0.15, 0.2) is 5.76 Å². The number of anilines is 1. The van der Waals surface area contributed by atoms with Crippen LogP contribution in [0.2, 0.25) is 0 Å². The molecular formula is C19H19FN4O4. The summed E-state index contributed by atoms with van der Waals surface area (Å²) in [5, 5.41) is 27.2. The zero-order valence-electron chi connectivity index (χ0n) is 14.9. The van der Waals surface area contributed by atoms with Gasteiger partial charge in [-0.3, -0.25) is 4.90 Å². The smallest absolute Gasteiger partial charge is 0.411 e. The number of cyclic esters (lactones) is 1. The van der Waals surface area contributed by atoms with Gasteiger partial charge in [-0.15, -0.1) is 5.10 Å². The van der Waals surface area contributed by atoms with E-state index in [1.165, 1.54) is 21.8 Å². The molecule has 4 atom stereocenters. The summed E-state index contributed by atoms with van der Waals surface area (Å²) in [6, 6.07) is 2.82. The number of fused-ring (bicyclic) bond motifs is 3. The minimum Gasteiger partial charge on any atom is -0.411 e. The van der Waals surface area contributed by atoms with Gasteiger partial charge in [-0.05, 0) is 42.4 Å². The maximum Gasteiger partial charge on any atom is 0.420 e. The van der Waals surface area contributed by atoms with E-state index in [0.717, 1.165) is 5.56 Å². The Bertz CT molecular complexity index is 961. The summed E-state index contributed by atoms with van der Waals surface area (Å²) in [4.78, 5) is 13.8. The Balaban J connectivity index is 1.47. The molecule has 2 N–H and O–H groups in total. The summed E-state index contributed by atoms with van der Waals surface area (Å²) < 4.78 is 21.7. The molecule has 0 spiro atoms. The summed E-state index contributed by atoms with van der Waals surface area (Å²) in [7, 11) is 0. The van der Waals surface area contributed by atoms with E-state index in [4.69, 9.17) is 4.74 Å². The highest BCUT2D eigenvalue weighted by atomic mass is 19.1. The Kier molecular flexibility index (Phi) is 3.95. The molecule has 2 aliphatic heterocycles. The average Bonchev–Trinajstić information content (AvgIpc) is 3.36. The van der Waals surface area contributed by atoms with Crippen molar-refractivity contribution < 1.29 is 24.1 Å². The number of hydrogen-bond donors (Lipinski definition) is 2. The summed E-state index contributed by atoms with van der Waals surface area (Å²) in [5.74, 6) is -0.129. The zero-order valence-corrected chi connectivity index (χ0v) is 14.9. The highest BCUT2D eigenvalue weighted by Gasteiger charge is 2.45. The van der Waals surface area contributed by atoms with Gasteiger partial charge in [0.1, 0.15) is 11.9 Å². The Hall–Kier alpha value is -2.78. The number of hydrogen-bond acceptors (Lipinski definition) is 6. The molecule has 0 bridgehead atoms. The van der Waals surface area contributed by atoms with Gasteiger partial charge in [0, 0.05) is 6.42 Å². The fourth-order valence-electron chi connectivity index (χ4n) is 4.41. The van der Waals surface area contributed by atoms with Crippen molar-refractivity contribution in [2.75, 3.05) is 4.90 Å². The van der Waals surface area contributed by atoms with Crippen LogP contribution in [0.15, 0.2) is 30.3 Å². The minimum absolute atomic E-state index is 0.156. The van der Waals surface area contributed by atoms with Crippen molar-refractivity contribution in [1.29, 1.82) is 0 Å². The molecular weight excluding hydrogens is 367 g/mol. The SMILES string of the molecule is O=C1O/C(=C\n2ccnn2)[C@@H]2Cc3cc(C4CC[C@@H](O)[C@@H](O)C4)c(F)cc3N12. The number of amides is 1. The van der Waals surface area contributed by atoms with Crippen molar-refractivity contribution >= 4 is 18.0 Å². The van der Waals surface area contributed by atoms with E-state index >= 15 is 0 Å². The number of carbonyl (C=O) groups is 1. The van der Waals surface area contributed by atoms with Crippen molar-refractivity contribution in [3.8, 4) is 0 Å². The van der Waals surface area contributed by atoms with Gasteiger partial charge in [0.2, 0.25) is 0 Å². The van der Waals surface area contributed by atoms with E-state index < -0.39 is 24.1 Å². The lowest BCUT2D eigenvalue weighted by atomic mass is 9.80. The largest absolute Gasteiger partial charge is 0.420 e. The first-order valence-corrected chi connectivity index (χ1v) is 9.28. The van der Waals surface area contributed by atoms with E-state index in [9.17, 15) is 19.4 Å². The molecule has 0 radical (unpaired) electrons. The summed E-state index contributed by atoms with van der Waals surface area (Å²) in [6.45, 7) is 0. The zero-order chi connectivity index (χ0) is 19.4. The van der Waals surface area contributed by atoms with Crippen LogP contribution in [0.4, 0.5) is 14.9 Å². The monoisotopic (exact) mass is 386 g/mol. The second kappa shape index (κ2) is 6.39. The van der Waals surface area contributed by atoms with Crippen LogP contribution in [-0.2, 0) is 11.2 Å². The van der Waals surface area contributed by atoms with Crippen molar-refractivity contribution in [3.63, 3.8) is 0 Å². The molecule has 146 valence electrons. The molecule has 28 heavy (non-hydrogen) atoms. The third-order valence-corrected chi connectivity index (χ3v) is 5.83. The van der Waals surface area contributed by atoms with Crippen LogP contribution in [0, 0.1) is 5.82 Å². The van der Waals surface area contributed by atoms with E-state index in [2.05, 4.69) is 10.3 Å². The van der Waals surface area contributed by atoms with Gasteiger partial charge < -0.3 is 14.9 Å². The number of aliphatic hydroxyl groups excluding tert-OH is 2. The maximum atomic E-state index is 14.9. The minimum atomic E-state index is -0.846. The third kappa shape index (κ3) is 2.70. The lowest BCUT2D eigenvalue weighted by Gasteiger charge is -2.30. The van der Waals surface area contributed by atoms with Gasteiger partial charge in [0.05, 0.1) is 36.5 Å². The first kappa shape index (κ1) is 17.3. The molecule has 1 aromatic heterocycles. The molecule has 8 nitrogen and oxygen atoms in total. The molecule has 1 amide bonds. The average molecular weight is 386 g/mol. The standard InChI is InChI=1S/C19H19FN4O4/c20-13-8-14-11(5-12(13)10-1-2-16(25)17(26)7-10)6-15-18(28-19(27)24(14)15)9-23-4-3-21-22-23/h3-5,8-10,15-17,25-26H,1-2,6-7H2/b18-9-/t10?,15-,16+,17-/m0/s1. The van der Waals surface area contributed by atoms with Crippen molar-refractivity contribution in [2.24, 2.45) is 0 Å². The molecule has 1 saturated carbocycles. The second-order valence-electron chi connectivity index (χ2n) is 7.52. The normalized spacial score (nSPS) is 30.5. The number of rotatable bonds is 2. The Morgan fingerprint density at radius 2 is 2.11 bits per heavy atom. The Morgan fingerprint density at radius 1 is 1.25 bits per heavy atom. The third-order valence-electron chi connectivity index (χ3n) is 5.83. The molecule has 1 unspecified atom stereocenters. The maximum absolute atomic E-state index is 14.9. The predicted molar refractivity (Wildman–Crippen MR) is 95.8 cm³/mol. The van der Waals surface area contributed by atoms with Crippen molar-refractivity contribution in [1.82, 2.24) is 15.0 Å². The van der Waals surface area contributed by atoms with Gasteiger partial charge in [-0.25, -0.2) is 13.9 Å². The van der Waals surface area contributed by atoms with Crippen LogP contribution < -0.4 is 4.90 Å². The quantitative estimate of drug-likeness (QED) is 0.816. The summed E-state index contributed by atoms with van der Waals surface area (Å²) in [5.41, 5.74) is 1.90. The number of aliphatic hydroxyl groups is 2. The number of carbonyl (C=O) groups excluding carboxylic acids is 1. The van der Waals surface area contributed by atoms with Crippen LogP contribution in [0.1, 0.15) is 36.3 Å². The van der Waals surface area contributed by atoms with Crippen LogP contribution in [0.5, 0.6) is 0 Å². The van der Waals surface area contributed by atoms with Crippen LogP contribution >= 0.6 is 0 Å². The van der Waals surface area contributed by atoms with E-state index in [1.807, 2.05) is 0 Å². The second-order valence-corrected chi connectivity index (χ2v) is 7.52. The van der Waals surface area contributed by atoms with Gasteiger partial charge >= 0.3 is 6.09 Å². The number of nitrogens with zero attached hydrogens (tertiary/aromatic N) is 4. The first-order valence-electron chi connectivity index (χ1n) is 9.28. The highest BCUT2D eigenvalue weighted by Crippen LogP contribution is 2.44. The lowest BCUT2D eigenvalue weighted by molar-refractivity contribution is -0.0152. The van der Waals surface area contributed by atoms with Gasteiger partial charge in [0.25, 0.3) is 0 Å². The topological polar surface area (TPSA) is 101 Å². The molecule has 9 heteroatoms. The molecule has 1 aliphatic carbocycles. The molecule has 1 aromatic carbocycles. The first-order chi connectivity index (χ1) is 13.5. The van der Waals surface area contributed by atoms with Gasteiger partial charge in [-0.2, -0.15) is 0 Å². The van der Waals surface area contributed by atoms with E-state index in [0.29, 0.717) is 42.7 Å². The van der Waals surface area contributed by atoms with E-state index in [1.54, 1.807) is 18.5 Å². The van der Waals surface area contributed by atoms with E-state index in [-0.39, 0.29) is 12.0 Å². The number of ether oxygens (including phenoxy) is 1. The molecule has 5 rings (SSSR count). The number of benzene rings is 1. The molecule has 2 fully saturated rings. The lowest BCUT2D eigenvalue weighted by Crippen LogP contribution is -2.33. The summed E-state index contributed by atoms with van der Waals surface area (Å²) in [6.07, 6.45) is 4.49. The summed E-state index contributed by atoms with van der Waals surface area (Å²) >= 11 is 0. The molecule has 3 aliphatic rings. The van der Waals surface area contributed by atoms with Crippen LogP contribution in [0.25, 0.3) is 6.20 Å². The Morgan fingerprint density at radius 3 is 2.86 bits per heavy atom. The van der Waals surface area contributed by atoms with Gasteiger partial charge in [-0.1, -0.05) is 11.3 Å². The fraction of sp³-hybridized carbons (Fsp3) is 0.421. The fourth-order valence-corrected chi connectivity index (χ4v) is 4.41. The predicted octanol–water partition coefficient (Wildman–Crippen LogP) is 1.79. The Labute approximate surface area is 159 Å². The molecule has 2 aromatic rings. The van der Waals surface area contributed by atoms with Crippen LogP contribution in [-0.4, -0.2) is 49.5 Å². The van der Waals surface area contributed by atoms with Crippen molar-refractivity contribution in [3.05, 3.63) is 47.2 Å². The van der Waals surface area contributed by atoms with Crippen LogP contribution in [0.3, 0.4) is 0 Å².